The fourth-order valence-electron chi connectivity index (χ4n) is 3.62. The molecule has 2 aromatic carbocycles. The second-order valence-corrected chi connectivity index (χ2v) is 12.3. The first-order chi connectivity index (χ1) is 17.5. The molecular formula is C22H23Cl2N6O5PS. The molecule has 2 aromatic heterocycles. The van der Waals surface area contributed by atoms with E-state index in [1.165, 1.54) is 30.3 Å². The number of halogens is 2. The van der Waals surface area contributed by atoms with E-state index in [1.54, 1.807) is 35.0 Å². The van der Waals surface area contributed by atoms with Crippen LogP contribution in [0.2, 0.25) is 10.0 Å². The number of nitrogens with one attached hydrogen (secondary N) is 2. The van der Waals surface area contributed by atoms with Crippen molar-refractivity contribution in [2.24, 2.45) is 0 Å². The monoisotopic (exact) mass is 584 g/mol. The first kappa shape index (κ1) is 27.3. The Morgan fingerprint density at radius 3 is 2.35 bits per heavy atom. The van der Waals surface area contributed by atoms with E-state index in [1.807, 2.05) is 7.05 Å². The zero-order valence-electron chi connectivity index (χ0n) is 19.4. The van der Waals surface area contributed by atoms with E-state index in [9.17, 15) is 22.8 Å². The highest BCUT2D eigenvalue weighted by atomic mass is 35.5. The molecule has 15 heteroatoms. The van der Waals surface area contributed by atoms with Crippen LogP contribution in [0.4, 0.5) is 11.5 Å². The van der Waals surface area contributed by atoms with Gasteiger partial charge in [0.05, 0.1) is 16.1 Å². The number of sulfonamides is 1. The molecule has 0 atom stereocenters. The fourth-order valence-corrected chi connectivity index (χ4v) is 7.03. The highest BCUT2D eigenvalue weighted by Gasteiger charge is 2.32. The van der Waals surface area contributed by atoms with E-state index in [0.717, 1.165) is 6.54 Å². The number of rotatable bonds is 10. The van der Waals surface area contributed by atoms with Gasteiger partial charge in [-0.3, -0.25) is 13.4 Å². The van der Waals surface area contributed by atoms with Crippen molar-refractivity contribution in [2.75, 3.05) is 36.0 Å². The van der Waals surface area contributed by atoms with E-state index in [4.69, 9.17) is 23.2 Å². The van der Waals surface area contributed by atoms with Crippen molar-refractivity contribution in [2.45, 2.75) is 4.90 Å². The third-order valence-corrected chi connectivity index (χ3v) is 8.31. The Bertz CT molecular complexity index is 1560. The van der Waals surface area contributed by atoms with Crippen LogP contribution >= 0.6 is 30.8 Å². The standard InChI is InChI=1S/C22H23Cl2N6O5PS/c1-25-7-8-26-21-4-5-22(28-27-21)29-9-6-15-10-18(2-3-20(15)29)30(14-36(31,32)33)37(34,35)19-12-16(23)11-17(24)13-19/h2-6,9-13,25H,7-8,14H2,1H3,(H,26,27)(H2,31,32,33). The predicted octanol–water partition coefficient (Wildman–Crippen LogP) is 3.69. The Kier molecular flexibility index (Phi) is 8.10. The van der Waals surface area contributed by atoms with E-state index in [2.05, 4.69) is 20.8 Å². The van der Waals surface area contributed by atoms with Crippen LogP contribution in [-0.4, -0.2) is 59.4 Å². The lowest BCUT2D eigenvalue weighted by Crippen LogP contribution is -2.32. The predicted molar refractivity (Wildman–Crippen MR) is 144 cm³/mol. The second-order valence-electron chi connectivity index (χ2n) is 8.00. The lowest BCUT2D eigenvalue weighted by Gasteiger charge is -2.25. The minimum Gasteiger partial charge on any atom is -0.367 e. The molecule has 0 spiro atoms. The number of hydrogen-bond acceptors (Lipinski definition) is 7. The van der Waals surface area contributed by atoms with Crippen LogP contribution in [0.15, 0.2) is 65.7 Å². The molecule has 37 heavy (non-hydrogen) atoms. The molecule has 4 aromatic rings. The smallest absolute Gasteiger partial charge is 0.345 e. The maximum absolute atomic E-state index is 13.4. The lowest BCUT2D eigenvalue weighted by molar-refractivity contribution is 0.373. The maximum atomic E-state index is 13.4. The average molecular weight is 585 g/mol. The summed E-state index contributed by atoms with van der Waals surface area (Å²) in [4.78, 5) is 19.0. The van der Waals surface area contributed by atoms with Crippen molar-refractivity contribution in [1.29, 1.82) is 0 Å². The fraction of sp³-hybridized carbons (Fsp3) is 0.182. The summed E-state index contributed by atoms with van der Waals surface area (Å²) >= 11 is 12.0. The molecule has 0 aliphatic rings. The summed E-state index contributed by atoms with van der Waals surface area (Å²) in [6.45, 7) is 1.46. The van der Waals surface area contributed by atoms with Gasteiger partial charge in [0.25, 0.3) is 10.0 Å². The SMILES string of the molecule is CNCCNc1ccc(-n2ccc3cc(N(CP(=O)(O)O)S(=O)(=O)c4cc(Cl)cc(Cl)c4)ccc32)nn1. The van der Waals surface area contributed by atoms with Crippen LogP contribution in [-0.2, 0) is 14.6 Å². The number of nitrogens with zero attached hydrogens (tertiary/aromatic N) is 4. The number of hydrogen-bond donors (Lipinski definition) is 4. The van der Waals surface area contributed by atoms with E-state index < -0.39 is 23.9 Å². The minimum absolute atomic E-state index is 0.0554. The topological polar surface area (TPSA) is 150 Å². The third kappa shape index (κ3) is 6.42. The molecule has 0 bridgehead atoms. The molecule has 0 radical (unpaired) electrons. The van der Waals surface area contributed by atoms with Crippen LogP contribution in [0.1, 0.15) is 0 Å². The van der Waals surface area contributed by atoms with Crippen molar-refractivity contribution >= 4 is 63.2 Å². The van der Waals surface area contributed by atoms with Gasteiger partial charge < -0.3 is 20.4 Å². The largest absolute Gasteiger partial charge is 0.367 e. The summed E-state index contributed by atoms with van der Waals surface area (Å²) in [5.74, 6) is 1.16. The number of likely N-dealkylation sites (N-methyl/N-ethyl adjacent to an activating group) is 1. The second kappa shape index (κ2) is 11.0. The van der Waals surface area contributed by atoms with Crippen molar-refractivity contribution < 1.29 is 22.8 Å². The van der Waals surface area contributed by atoms with Gasteiger partial charge in [-0.05, 0) is 61.6 Å². The molecule has 4 N–H and O–H groups in total. The molecule has 0 saturated heterocycles. The first-order valence-corrected chi connectivity index (χ1v) is 14.8. The third-order valence-electron chi connectivity index (χ3n) is 5.28. The van der Waals surface area contributed by atoms with Gasteiger partial charge in [0.2, 0.25) is 0 Å². The molecule has 0 unspecified atom stereocenters. The molecule has 0 fully saturated rings. The molecule has 4 rings (SSSR count). The Hall–Kier alpha value is -2.70. The molecule has 0 aliphatic carbocycles. The quantitative estimate of drug-likeness (QED) is 0.162. The number of fused-ring (bicyclic) bond motifs is 1. The van der Waals surface area contributed by atoms with Gasteiger partial charge in [-0.2, -0.15) is 0 Å². The molecule has 11 nitrogen and oxygen atoms in total. The van der Waals surface area contributed by atoms with Gasteiger partial charge in [-0.25, -0.2) is 8.42 Å². The molecule has 0 amide bonds. The number of aromatic nitrogens is 3. The summed E-state index contributed by atoms with van der Waals surface area (Å²) < 4.78 is 41.2. The number of benzene rings is 2. The van der Waals surface area contributed by atoms with Gasteiger partial charge in [-0.1, -0.05) is 23.2 Å². The normalized spacial score (nSPS) is 12.1. The Morgan fingerprint density at radius 1 is 1.00 bits per heavy atom. The van der Waals surface area contributed by atoms with Crippen LogP contribution in [0.5, 0.6) is 0 Å². The van der Waals surface area contributed by atoms with Crippen molar-refractivity contribution in [3.63, 3.8) is 0 Å². The van der Waals surface area contributed by atoms with Crippen LogP contribution in [0, 0.1) is 0 Å². The van der Waals surface area contributed by atoms with Crippen LogP contribution < -0.4 is 14.9 Å². The highest BCUT2D eigenvalue weighted by molar-refractivity contribution is 7.93. The summed E-state index contributed by atoms with van der Waals surface area (Å²) in [7, 11) is -7.37. The molecule has 0 saturated carbocycles. The van der Waals surface area contributed by atoms with E-state index in [-0.39, 0.29) is 20.6 Å². The zero-order valence-corrected chi connectivity index (χ0v) is 22.6. The first-order valence-electron chi connectivity index (χ1n) is 10.8. The maximum Gasteiger partial charge on any atom is 0.345 e. The van der Waals surface area contributed by atoms with E-state index in [0.29, 0.717) is 33.4 Å². The van der Waals surface area contributed by atoms with Crippen molar-refractivity contribution in [1.82, 2.24) is 20.1 Å². The Morgan fingerprint density at radius 2 is 1.73 bits per heavy atom. The van der Waals surface area contributed by atoms with Crippen molar-refractivity contribution in [3.05, 3.63) is 70.8 Å². The summed E-state index contributed by atoms with van der Waals surface area (Å²) in [6, 6.07) is 13.6. The summed E-state index contributed by atoms with van der Waals surface area (Å²) in [6.07, 6.45) is 0.671. The summed E-state index contributed by atoms with van der Waals surface area (Å²) in [5, 5.41) is 15.3. The lowest BCUT2D eigenvalue weighted by atomic mass is 10.2. The molecule has 196 valence electrons. The van der Waals surface area contributed by atoms with Gasteiger partial charge in [-0.15, -0.1) is 10.2 Å². The van der Waals surface area contributed by atoms with Gasteiger partial charge >= 0.3 is 7.60 Å². The molecular weight excluding hydrogens is 562 g/mol. The van der Waals surface area contributed by atoms with E-state index >= 15 is 0 Å². The average Bonchev–Trinajstić information content (AvgIpc) is 3.25. The Labute approximate surface area is 223 Å². The van der Waals surface area contributed by atoms with Crippen LogP contribution in [0.3, 0.4) is 0 Å². The van der Waals surface area contributed by atoms with Crippen molar-refractivity contribution in [3.8, 4) is 5.82 Å². The number of anilines is 2. The molecule has 2 heterocycles. The van der Waals surface area contributed by atoms with Gasteiger partial charge in [0, 0.05) is 34.7 Å². The summed E-state index contributed by atoms with van der Waals surface area (Å²) in [5.41, 5.74) is 0.744. The Balaban J connectivity index is 1.71. The highest BCUT2D eigenvalue weighted by Crippen LogP contribution is 2.40. The zero-order chi connectivity index (χ0) is 26.8. The van der Waals surface area contributed by atoms with Crippen LogP contribution in [0.25, 0.3) is 16.7 Å². The molecule has 0 aliphatic heterocycles. The minimum atomic E-state index is -4.80. The van der Waals surface area contributed by atoms with Gasteiger partial charge in [0.1, 0.15) is 12.1 Å². The van der Waals surface area contributed by atoms with Gasteiger partial charge in [0.15, 0.2) is 5.82 Å².